The zero-order valence-corrected chi connectivity index (χ0v) is 17.5. The van der Waals surface area contributed by atoms with Gasteiger partial charge in [0.05, 0.1) is 19.8 Å². The lowest BCUT2D eigenvalue weighted by Gasteiger charge is -2.33. The fourth-order valence-corrected chi connectivity index (χ4v) is 3.61. The van der Waals surface area contributed by atoms with Crippen molar-refractivity contribution in [2.24, 2.45) is 0 Å². The van der Waals surface area contributed by atoms with Crippen LogP contribution in [0, 0.1) is 0 Å². The minimum atomic E-state index is -0.668. The van der Waals surface area contributed by atoms with Gasteiger partial charge >= 0.3 is 0 Å². The monoisotopic (exact) mass is 395 g/mol. The van der Waals surface area contributed by atoms with Crippen LogP contribution in [-0.2, 0) is 20.8 Å². The highest BCUT2D eigenvalue weighted by molar-refractivity contribution is 6.04. The number of benzene rings is 2. The Morgan fingerprint density at radius 3 is 2.34 bits per heavy atom. The van der Waals surface area contributed by atoms with Crippen molar-refractivity contribution in [2.75, 3.05) is 20.8 Å². The summed E-state index contributed by atoms with van der Waals surface area (Å²) in [6.07, 6.45) is 1.31. The molecule has 5 nitrogen and oxygen atoms in total. The summed E-state index contributed by atoms with van der Waals surface area (Å²) in [4.78, 5) is 14.9. The predicted molar refractivity (Wildman–Crippen MR) is 112 cm³/mol. The quantitative estimate of drug-likeness (QED) is 0.383. The number of ether oxygens (including phenoxy) is 3. The van der Waals surface area contributed by atoms with Crippen LogP contribution in [0.2, 0.25) is 0 Å². The lowest BCUT2D eigenvalue weighted by molar-refractivity contribution is -0.145. The van der Waals surface area contributed by atoms with Crippen molar-refractivity contribution in [3.63, 3.8) is 0 Å². The average molecular weight is 395 g/mol. The molecule has 1 fully saturated rings. The van der Waals surface area contributed by atoms with Crippen molar-refractivity contribution < 1.29 is 19.0 Å². The maximum atomic E-state index is 12.8. The maximum absolute atomic E-state index is 12.8. The third-order valence-electron chi connectivity index (χ3n) is 4.99. The molecular formula is C24H29NO4. The van der Waals surface area contributed by atoms with Gasteiger partial charge in [0.2, 0.25) is 0 Å². The Labute approximate surface area is 172 Å². The molecule has 3 rings (SSSR count). The van der Waals surface area contributed by atoms with Gasteiger partial charge in [-0.15, -0.1) is 0 Å². The largest absolute Gasteiger partial charge is 0.499 e. The van der Waals surface area contributed by atoms with E-state index >= 15 is 0 Å². The fraction of sp³-hybridized carbons (Fsp3) is 0.375. The van der Waals surface area contributed by atoms with E-state index < -0.39 is 5.79 Å². The molecule has 1 aliphatic rings. The lowest BCUT2D eigenvalue weighted by Crippen LogP contribution is -2.45. The Bertz CT molecular complexity index is 832. The van der Waals surface area contributed by atoms with E-state index in [1.807, 2.05) is 57.3 Å². The molecule has 0 bridgehead atoms. The first-order valence-electron chi connectivity index (χ1n) is 9.80. The summed E-state index contributed by atoms with van der Waals surface area (Å²) < 4.78 is 17.7. The number of allylic oxidation sites excluding steroid dienone is 1. The second-order valence-electron chi connectivity index (χ2n) is 7.69. The number of nitrogens with zero attached hydrogens (tertiary/aromatic N) is 1. The van der Waals surface area contributed by atoms with E-state index in [9.17, 15) is 4.79 Å². The van der Waals surface area contributed by atoms with E-state index in [1.54, 1.807) is 25.3 Å². The molecule has 0 unspecified atom stereocenters. The van der Waals surface area contributed by atoms with Gasteiger partial charge in [-0.2, -0.15) is 0 Å². The summed E-state index contributed by atoms with van der Waals surface area (Å²) in [6.45, 7) is 4.90. The number of rotatable bonds is 8. The van der Waals surface area contributed by atoms with Crippen LogP contribution in [0.1, 0.15) is 29.8 Å². The third-order valence-corrected chi connectivity index (χ3v) is 4.99. The third kappa shape index (κ3) is 5.54. The Morgan fingerprint density at radius 2 is 1.79 bits per heavy atom. The first kappa shape index (κ1) is 21.2. The molecule has 0 amide bonds. The second kappa shape index (κ2) is 9.35. The summed E-state index contributed by atoms with van der Waals surface area (Å²) >= 11 is 0. The second-order valence-corrected chi connectivity index (χ2v) is 7.69. The molecule has 1 saturated heterocycles. The van der Waals surface area contributed by atoms with Crippen LogP contribution in [0.15, 0.2) is 72.5 Å². The van der Waals surface area contributed by atoms with Gasteiger partial charge in [-0.25, -0.2) is 0 Å². The SMILES string of the molecule is CO/C(=C/C(=O)c1ccccc1)[C@@H]([C@H]1COC(C)(C)O1)N(C)Cc1ccccc1. The molecule has 2 aromatic carbocycles. The Hall–Kier alpha value is -2.47. The smallest absolute Gasteiger partial charge is 0.189 e. The van der Waals surface area contributed by atoms with Crippen LogP contribution in [-0.4, -0.2) is 49.4 Å². The standard InChI is InChI=1S/C24H29NO4/c1-24(2)28-17-22(29-24)23(25(3)16-18-11-7-5-8-12-18)21(27-4)15-20(26)19-13-9-6-10-14-19/h5-15,22-23H,16-17H2,1-4H3/b21-15+/t22-,23+/m1/s1. The molecule has 0 aliphatic carbocycles. The summed E-state index contributed by atoms with van der Waals surface area (Å²) in [5.41, 5.74) is 1.79. The van der Waals surface area contributed by atoms with Crippen molar-refractivity contribution in [3.05, 3.63) is 83.6 Å². The minimum Gasteiger partial charge on any atom is -0.499 e. The first-order chi connectivity index (χ1) is 13.9. The van der Waals surface area contributed by atoms with Gasteiger partial charge in [0, 0.05) is 18.2 Å². The van der Waals surface area contributed by atoms with Gasteiger partial charge in [-0.1, -0.05) is 60.7 Å². The van der Waals surface area contributed by atoms with Crippen LogP contribution in [0.5, 0.6) is 0 Å². The van der Waals surface area contributed by atoms with Crippen LogP contribution in [0.3, 0.4) is 0 Å². The van der Waals surface area contributed by atoms with Gasteiger partial charge in [-0.3, -0.25) is 9.69 Å². The molecule has 0 spiro atoms. The molecular weight excluding hydrogens is 366 g/mol. The van der Waals surface area contributed by atoms with E-state index in [1.165, 1.54) is 5.56 Å². The number of likely N-dealkylation sites (N-methyl/N-ethyl adjacent to an activating group) is 1. The highest BCUT2D eigenvalue weighted by Crippen LogP contribution is 2.30. The number of ketones is 1. The number of methoxy groups -OCH3 is 1. The molecule has 2 aromatic rings. The van der Waals surface area contributed by atoms with Gasteiger partial charge < -0.3 is 14.2 Å². The number of carbonyl (C=O) groups is 1. The summed E-state index contributed by atoms with van der Waals surface area (Å²) in [5.74, 6) is -0.207. The summed E-state index contributed by atoms with van der Waals surface area (Å²) in [7, 11) is 3.60. The van der Waals surface area contributed by atoms with E-state index in [2.05, 4.69) is 17.0 Å². The van der Waals surface area contributed by atoms with Crippen LogP contribution in [0.25, 0.3) is 0 Å². The number of hydrogen-bond acceptors (Lipinski definition) is 5. The number of carbonyl (C=O) groups excluding carboxylic acids is 1. The normalized spacial score (nSPS) is 19.9. The Kier molecular flexibility index (Phi) is 6.85. The predicted octanol–water partition coefficient (Wildman–Crippen LogP) is 4.05. The Morgan fingerprint density at radius 1 is 1.17 bits per heavy atom. The maximum Gasteiger partial charge on any atom is 0.189 e. The highest BCUT2D eigenvalue weighted by Gasteiger charge is 2.41. The van der Waals surface area contributed by atoms with Gasteiger partial charge in [0.25, 0.3) is 0 Å². The summed E-state index contributed by atoms with van der Waals surface area (Å²) in [5, 5.41) is 0. The zero-order valence-electron chi connectivity index (χ0n) is 17.5. The molecule has 29 heavy (non-hydrogen) atoms. The zero-order chi connectivity index (χ0) is 20.9. The van der Waals surface area contributed by atoms with E-state index in [-0.39, 0.29) is 17.9 Å². The molecule has 1 heterocycles. The van der Waals surface area contributed by atoms with Crippen molar-refractivity contribution >= 4 is 5.78 Å². The van der Waals surface area contributed by atoms with Crippen molar-refractivity contribution in [3.8, 4) is 0 Å². The molecule has 0 N–H and O–H groups in total. The molecule has 0 radical (unpaired) electrons. The highest BCUT2D eigenvalue weighted by atomic mass is 16.7. The van der Waals surface area contributed by atoms with E-state index in [4.69, 9.17) is 14.2 Å². The molecule has 2 atom stereocenters. The lowest BCUT2D eigenvalue weighted by atomic mass is 10.0. The summed E-state index contributed by atoms with van der Waals surface area (Å²) in [6, 6.07) is 19.1. The van der Waals surface area contributed by atoms with E-state index in [0.29, 0.717) is 24.5 Å². The average Bonchev–Trinajstić information content (AvgIpc) is 3.08. The molecule has 1 aliphatic heterocycles. The van der Waals surface area contributed by atoms with Crippen LogP contribution >= 0.6 is 0 Å². The fourth-order valence-electron chi connectivity index (χ4n) is 3.61. The van der Waals surface area contributed by atoms with Gasteiger partial charge in [-0.05, 0) is 26.5 Å². The Balaban J connectivity index is 1.89. The van der Waals surface area contributed by atoms with Crippen LogP contribution in [0.4, 0.5) is 0 Å². The topological polar surface area (TPSA) is 48.0 Å². The van der Waals surface area contributed by atoms with Crippen LogP contribution < -0.4 is 0 Å². The van der Waals surface area contributed by atoms with Crippen molar-refractivity contribution in [2.45, 2.75) is 38.3 Å². The molecule has 154 valence electrons. The molecule has 0 aromatic heterocycles. The first-order valence-corrected chi connectivity index (χ1v) is 9.80. The van der Waals surface area contributed by atoms with Gasteiger partial charge in [0.15, 0.2) is 11.6 Å². The molecule has 0 saturated carbocycles. The van der Waals surface area contributed by atoms with Crippen molar-refractivity contribution in [1.29, 1.82) is 0 Å². The number of hydrogen-bond donors (Lipinski definition) is 0. The van der Waals surface area contributed by atoms with Gasteiger partial charge in [0.1, 0.15) is 11.9 Å². The minimum absolute atomic E-state index is 0.0984. The molecule has 5 heteroatoms. The van der Waals surface area contributed by atoms with E-state index in [0.717, 1.165) is 0 Å². The van der Waals surface area contributed by atoms with Crippen molar-refractivity contribution in [1.82, 2.24) is 4.90 Å².